The molecule has 0 fully saturated rings. The molecule has 0 saturated heterocycles. The predicted octanol–water partition coefficient (Wildman–Crippen LogP) is 5.12. The monoisotopic (exact) mass is 481 g/mol. The van der Waals surface area contributed by atoms with Crippen LogP contribution in [0.2, 0.25) is 25.7 Å². The Bertz CT molecular complexity index is 1110. The zero-order valence-corrected chi connectivity index (χ0v) is 22.0. The summed E-state index contributed by atoms with van der Waals surface area (Å²) >= 11 is 0. The smallest absolute Gasteiger partial charge is 0.412 e. The molecule has 2 aliphatic rings. The number of ether oxygens (including phenoxy) is 2. The lowest BCUT2D eigenvalue weighted by atomic mass is 9.79. The van der Waals surface area contributed by atoms with Crippen LogP contribution in [0, 0.1) is 0 Å². The van der Waals surface area contributed by atoms with E-state index in [4.69, 9.17) is 9.47 Å². The molecule has 2 heterocycles. The second-order valence-electron chi connectivity index (χ2n) is 11.5. The summed E-state index contributed by atoms with van der Waals surface area (Å²) in [7, 11) is -1.21. The SMILES string of the molecule is CC(C)(C)OC(=O)Nc1ccc2c(c1)C[C@]1(C2)C(=O)N(COCC[Si](C)(C)C)c2ncccc21. The Balaban J connectivity index is 1.53. The molecule has 8 heteroatoms. The van der Waals surface area contributed by atoms with E-state index in [0.717, 1.165) is 22.7 Å². The van der Waals surface area contributed by atoms with Crippen molar-refractivity contribution in [3.05, 3.63) is 53.2 Å². The first-order chi connectivity index (χ1) is 15.9. The number of rotatable bonds is 6. The number of hydrogen-bond acceptors (Lipinski definition) is 5. The number of amides is 2. The molecule has 7 nitrogen and oxygen atoms in total. The number of nitrogens with one attached hydrogen (secondary N) is 1. The Morgan fingerprint density at radius 3 is 2.62 bits per heavy atom. The molecule has 0 bridgehead atoms. The average Bonchev–Trinajstić information content (AvgIpc) is 3.20. The fourth-order valence-electron chi connectivity index (χ4n) is 4.63. The van der Waals surface area contributed by atoms with Gasteiger partial charge in [0.2, 0.25) is 5.91 Å². The van der Waals surface area contributed by atoms with Crippen molar-refractivity contribution in [3.63, 3.8) is 0 Å². The van der Waals surface area contributed by atoms with Crippen molar-refractivity contribution in [1.29, 1.82) is 0 Å². The highest BCUT2D eigenvalue weighted by molar-refractivity contribution is 6.76. The van der Waals surface area contributed by atoms with Gasteiger partial charge >= 0.3 is 6.09 Å². The van der Waals surface area contributed by atoms with Crippen LogP contribution in [-0.2, 0) is 32.5 Å². The number of aromatic nitrogens is 1. The first-order valence-corrected chi connectivity index (χ1v) is 15.6. The Morgan fingerprint density at radius 1 is 1.18 bits per heavy atom. The van der Waals surface area contributed by atoms with Crippen molar-refractivity contribution in [2.24, 2.45) is 0 Å². The summed E-state index contributed by atoms with van der Waals surface area (Å²) in [5.41, 5.74) is 2.52. The van der Waals surface area contributed by atoms with Crippen LogP contribution >= 0.6 is 0 Å². The summed E-state index contributed by atoms with van der Waals surface area (Å²) in [6.07, 6.45) is 2.41. The molecule has 0 unspecified atom stereocenters. The van der Waals surface area contributed by atoms with Crippen LogP contribution in [0.1, 0.15) is 37.5 Å². The molecule has 0 radical (unpaired) electrons. The summed E-state index contributed by atoms with van der Waals surface area (Å²) in [6.45, 7) is 13.3. The quantitative estimate of drug-likeness (QED) is 0.457. The zero-order valence-electron chi connectivity index (χ0n) is 21.0. The molecule has 4 rings (SSSR count). The molecule has 1 aromatic heterocycles. The van der Waals surface area contributed by atoms with E-state index < -0.39 is 25.2 Å². The predicted molar refractivity (Wildman–Crippen MR) is 136 cm³/mol. The molecule has 1 aliphatic heterocycles. The van der Waals surface area contributed by atoms with Gasteiger partial charge in [-0.05, 0) is 69.0 Å². The normalized spacial score (nSPS) is 19.4. The highest BCUT2D eigenvalue weighted by Gasteiger charge is 2.54. The summed E-state index contributed by atoms with van der Waals surface area (Å²) in [6, 6.07) is 10.8. The lowest BCUT2D eigenvalue weighted by molar-refractivity contribution is -0.124. The molecular weight excluding hydrogens is 446 g/mol. The molecule has 1 spiro atoms. The fraction of sp³-hybridized carbons (Fsp3) is 0.500. The number of anilines is 2. The largest absolute Gasteiger partial charge is 0.444 e. The zero-order chi connectivity index (χ0) is 24.7. The van der Waals surface area contributed by atoms with Crippen LogP contribution in [0.25, 0.3) is 0 Å². The summed E-state index contributed by atoms with van der Waals surface area (Å²) < 4.78 is 11.3. The van der Waals surface area contributed by atoms with Gasteiger partial charge < -0.3 is 9.47 Å². The summed E-state index contributed by atoms with van der Waals surface area (Å²) in [5.74, 6) is 0.729. The highest BCUT2D eigenvalue weighted by Crippen LogP contribution is 2.49. The minimum absolute atomic E-state index is 0.0343. The van der Waals surface area contributed by atoms with Gasteiger partial charge in [0.15, 0.2) is 0 Å². The minimum atomic E-state index is -1.21. The second kappa shape index (κ2) is 8.81. The third kappa shape index (κ3) is 5.03. The maximum absolute atomic E-state index is 13.8. The lowest BCUT2D eigenvalue weighted by Gasteiger charge is -2.23. The molecule has 1 atom stereocenters. The van der Waals surface area contributed by atoms with Gasteiger partial charge in [-0.15, -0.1) is 0 Å². The van der Waals surface area contributed by atoms with E-state index >= 15 is 0 Å². The van der Waals surface area contributed by atoms with E-state index in [1.54, 1.807) is 11.1 Å². The number of benzene rings is 1. The van der Waals surface area contributed by atoms with E-state index in [1.165, 1.54) is 0 Å². The number of hydrogen-bond donors (Lipinski definition) is 1. The van der Waals surface area contributed by atoms with Gasteiger partial charge in [0.05, 0.1) is 5.41 Å². The number of fused-ring (bicyclic) bond motifs is 3. The van der Waals surface area contributed by atoms with Gasteiger partial charge in [-0.2, -0.15) is 0 Å². The third-order valence-electron chi connectivity index (χ3n) is 6.27. The third-order valence-corrected chi connectivity index (χ3v) is 7.97. The molecule has 1 N–H and O–H groups in total. The van der Waals surface area contributed by atoms with Crippen LogP contribution < -0.4 is 10.2 Å². The van der Waals surface area contributed by atoms with Gasteiger partial charge in [-0.1, -0.05) is 31.8 Å². The molecule has 182 valence electrons. The molecule has 0 saturated carbocycles. The Labute approximate surface area is 202 Å². The van der Waals surface area contributed by atoms with E-state index in [0.29, 0.717) is 31.0 Å². The Hall–Kier alpha value is -2.71. The molecule has 34 heavy (non-hydrogen) atoms. The van der Waals surface area contributed by atoms with Crippen molar-refractivity contribution < 1.29 is 19.1 Å². The van der Waals surface area contributed by atoms with Crippen molar-refractivity contribution in [3.8, 4) is 0 Å². The first-order valence-electron chi connectivity index (χ1n) is 11.9. The highest BCUT2D eigenvalue weighted by atomic mass is 28.3. The summed E-state index contributed by atoms with van der Waals surface area (Å²) in [4.78, 5) is 32.3. The maximum atomic E-state index is 13.8. The Kier molecular flexibility index (Phi) is 6.33. The number of nitrogens with zero attached hydrogens (tertiary/aromatic N) is 2. The minimum Gasteiger partial charge on any atom is -0.444 e. The van der Waals surface area contributed by atoms with E-state index in [2.05, 4.69) is 29.9 Å². The van der Waals surface area contributed by atoms with E-state index in [9.17, 15) is 9.59 Å². The van der Waals surface area contributed by atoms with Crippen molar-refractivity contribution in [2.75, 3.05) is 23.6 Å². The molecule has 1 aliphatic carbocycles. The standard InChI is InChI=1S/C26H35N3O4Si/c1-25(2,3)33-24(31)28-20-10-9-18-15-26(16-19(18)14-20)21-8-7-11-27-22(21)29(23(26)30)17-32-12-13-34(4,5)6/h7-11,14H,12-13,15-17H2,1-6H3,(H,28,31)/t26-/m0/s1. The van der Waals surface area contributed by atoms with Gasteiger partial charge in [0.25, 0.3) is 0 Å². The van der Waals surface area contributed by atoms with Gasteiger partial charge in [0, 0.05) is 32.1 Å². The first kappa shape index (κ1) is 24.4. The molecule has 1 aromatic carbocycles. The number of carbonyl (C=O) groups is 2. The van der Waals surface area contributed by atoms with Crippen molar-refractivity contribution in [1.82, 2.24) is 4.98 Å². The van der Waals surface area contributed by atoms with Crippen molar-refractivity contribution >= 4 is 31.6 Å². The fourth-order valence-corrected chi connectivity index (χ4v) is 5.38. The van der Waals surface area contributed by atoms with Gasteiger partial charge in [-0.25, -0.2) is 9.78 Å². The van der Waals surface area contributed by atoms with Crippen molar-refractivity contribution in [2.45, 2.75) is 70.3 Å². The number of pyridine rings is 1. The second-order valence-corrected chi connectivity index (χ2v) is 17.1. The van der Waals surface area contributed by atoms with Gasteiger partial charge in [-0.3, -0.25) is 15.0 Å². The van der Waals surface area contributed by atoms with Crippen LogP contribution in [0.4, 0.5) is 16.3 Å². The lowest BCUT2D eigenvalue weighted by Crippen LogP contribution is -2.42. The molecule has 2 aromatic rings. The topological polar surface area (TPSA) is 80.8 Å². The summed E-state index contributed by atoms with van der Waals surface area (Å²) in [5, 5.41) is 2.81. The van der Waals surface area contributed by atoms with Gasteiger partial charge in [0.1, 0.15) is 18.1 Å². The average molecular weight is 482 g/mol. The molecule has 2 amide bonds. The van der Waals surface area contributed by atoms with E-state index in [1.807, 2.05) is 51.1 Å². The van der Waals surface area contributed by atoms with Crippen LogP contribution in [0.3, 0.4) is 0 Å². The van der Waals surface area contributed by atoms with Crippen LogP contribution in [0.15, 0.2) is 36.5 Å². The number of carbonyl (C=O) groups excluding carboxylic acids is 2. The van der Waals surface area contributed by atoms with E-state index in [-0.39, 0.29) is 12.6 Å². The maximum Gasteiger partial charge on any atom is 0.412 e. The van der Waals surface area contributed by atoms with Crippen LogP contribution in [-0.4, -0.2) is 44.0 Å². The Morgan fingerprint density at radius 2 is 1.91 bits per heavy atom. The molecular formula is C26H35N3O4Si. The van der Waals surface area contributed by atoms with Crippen LogP contribution in [0.5, 0.6) is 0 Å².